The molecule has 0 aliphatic heterocycles. The average molecular weight is 514 g/mol. The number of pyridine rings is 1. The van der Waals surface area contributed by atoms with E-state index < -0.39 is 11.9 Å². The molecule has 0 unspecified atom stereocenters. The minimum atomic E-state index is -0.612. The molecular weight excluding hydrogens is 494 g/mol. The largest absolute Gasteiger partial charge is 0.493 e. The average Bonchev–Trinajstić information content (AvgIpc) is 2.83. The van der Waals surface area contributed by atoms with Crippen LogP contribution < -0.4 is 24.4 Å². The van der Waals surface area contributed by atoms with E-state index in [1.54, 1.807) is 36.5 Å². The zero-order valence-electron chi connectivity index (χ0n) is 18.0. The van der Waals surface area contributed by atoms with Crippen molar-refractivity contribution in [3.63, 3.8) is 0 Å². The first-order chi connectivity index (χ1) is 15.9. The van der Waals surface area contributed by atoms with Crippen LogP contribution in [0.2, 0.25) is 0 Å². The molecule has 0 radical (unpaired) electrons. The smallest absolute Gasteiger partial charge is 0.343 e. The Morgan fingerprint density at radius 2 is 1.70 bits per heavy atom. The van der Waals surface area contributed by atoms with E-state index in [0.717, 1.165) is 0 Å². The zero-order chi connectivity index (χ0) is 23.8. The highest BCUT2D eigenvalue weighted by Crippen LogP contribution is 2.38. The van der Waals surface area contributed by atoms with Crippen LogP contribution in [0.5, 0.6) is 23.0 Å². The van der Waals surface area contributed by atoms with Gasteiger partial charge in [-0.05, 0) is 51.8 Å². The molecule has 33 heavy (non-hydrogen) atoms. The number of carbonyl (C=O) groups excluding carboxylic acids is 2. The monoisotopic (exact) mass is 513 g/mol. The van der Waals surface area contributed by atoms with Gasteiger partial charge in [0.25, 0.3) is 5.91 Å². The first-order valence-electron chi connectivity index (χ1n) is 9.51. The fraction of sp³-hybridized carbons (Fsp3) is 0.130. The van der Waals surface area contributed by atoms with Gasteiger partial charge in [-0.1, -0.05) is 12.1 Å². The van der Waals surface area contributed by atoms with Crippen LogP contribution in [-0.2, 0) is 0 Å². The standard InChI is InChI=1S/C23H20BrN3O6/c1-30-19-9-15(10-20(31-2)21(19)32-3)23(29)33-18-6-4-5-14(7-18)11-26-27-22(28)16-8-17(24)13-25-12-16/h4-13H,1-3H3,(H,27,28). The van der Waals surface area contributed by atoms with Crippen molar-refractivity contribution in [3.8, 4) is 23.0 Å². The molecule has 1 aromatic heterocycles. The van der Waals surface area contributed by atoms with E-state index in [2.05, 4.69) is 31.4 Å². The van der Waals surface area contributed by atoms with Gasteiger partial charge in [0, 0.05) is 16.9 Å². The summed E-state index contributed by atoms with van der Waals surface area (Å²) in [4.78, 5) is 28.7. The fourth-order valence-corrected chi connectivity index (χ4v) is 3.15. The van der Waals surface area contributed by atoms with Gasteiger partial charge in [0.15, 0.2) is 11.5 Å². The third kappa shape index (κ3) is 6.07. The lowest BCUT2D eigenvalue weighted by Crippen LogP contribution is -2.17. The van der Waals surface area contributed by atoms with Gasteiger partial charge in [0.2, 0.25) is 5.75 Å². The van der Waals surface area contributed by atoms with Crippen LogP contribution >= 0.6 is 15.9 Å². The summed E-state index contributed by atoms with van der Waals surface area (Å²) < 4.78 is 22.0. The number of esters is 1. The van der Waals surface area contributed by atoms with Gasteiger partial charge in [0.05, 0.1) is 38.7 Å². The number of halogens is 1. The molecule has 0 bridgehead atoms. The van der Waals surface area contributed by atoms with Crippen molar-refractivity contribution in [1.82, 2.24) is 10.4 Å². The highest BCUT2D eigenvalue weighted by molar-refractivity contribution is 9.10. The van der Waals surface area contributed by atoms with Crippen LogP contribution in [0.15, 0.2) is 64.4 Å². The van der Waals surface area contributed by atoms with Gasteiger partial charge in [-0.2, -0.15) is 5.10 Å². The summed E-state index contributed by atoms with van der Waals surface area (Å²) in [5.41, 5.74) is 3.61. The van der Waals surface area contributed by atoms with Crippen molar-refractivity contribution < 1.29 is 28.5 Å². The number of benzene rings is 2. The third-order valence-electron chi connectivity index (χ3n) is 4.32. The summed E-state index contributed by atoms with van der Waals surface area (Å²) in [7, 11) is 4.39. The Morgan fingerprint density at radius 1 is 0.970 bits per heavy atom. The number of rotatable bonds is 8. The van der Waals surface area contributed by atoms with Crippen molar-refractivity contribution in [1.29, 1.82) is 0 Å². The normalized spacial score (nSPS) is 10.5. The maximum atomic E-state index is 12.7. The van der Waals surface area contributed by atoms with E-state index in [1.165, 1.54) is 45.9 Å². The SMILES string of the molecule is COc1cc(C(=O)Oc2cccc(C=NNC(=O)c3cncc(Br)c3)c2)cc(OC)c1OC. The molecule has 1 amide bonds. The number of hydrazone groups is 1. The number of amides is 1. The van der Waals surface area contributed by atoms with Gasteiger partial charge >= 0.3 is 5.97 Å². The Balaban J connectivity index is 1.70. The summed E-state index contributed by atoms with van der Waals surface area (Å²) >= 11 is 3.26. The molecule has 10 heteroatoms. The van der Waals surface area contributed by atoms with Crippen LogP contribution in [0.1, 0.15) is 26.3 Å². The molecule has 0 fully saturated rings. The Hall–Kier alpha value is -3.92. The lowest BCUT2D eigenvalue weighted by molar-refractivity contribution is 0.0733. The summed E-state index contributed by atoms with van der Waals surface area (Å²) in [6.07, 6.45) is 4.43. The summed E-state index contributed by atoms with van der Waals surface area (Å²) in [5.74, 6) is 0.307. The van der Waals surface area contributed by atoms with E-state index in [1.807, 2.05) is 0 Å². The Kier molecular flexibility index (Phi) is 7.98. The molecule has 0 spiro atoms. The highest BCUT2D eigenvalue weighted by atomic mass is 79.9. The number of methoxy groups -OCH3 is 3. The molecule has 0 saturated carbocycles. The van der Waals surface area contributed by atoms with Crippen molar-refractivity contribution >= 4 is 34.0 Å². The van der Waals surface area contributed by atoms with Crippen LogP contribution in [0.25, 0.3) is 0 Å². The number of hydrogen-bond acceptors (Lipinski definition) is 8. The molecule has 3 rings (SSSR count). The van der Waals surface area contributed by atoms with Crippen molar-refractivity contribution in [2.24, 2.45) is 5.10 Å². The van der Waals surface area contributed by atoms with Crippen LogP contribution in [-0.4, -0.2) is 44.4 Å². The van der Waals surface area contributed by atoms with Gasteiger partial charge in [0.1, 0.15) is 5.75 Å². The summed E-state index contributed by atoms with van der Waals surface area (Å²) in [6, 6.07) is 11.3. The van der Waals surface area contributed by atoms with Crippen molar-refractivity contribution in [2.45, 2.75) is 0 Å². The number of ether oxygens (including phenoxy) is 4. The Labute approximate surface area is 198 Å². The number of nitrogens with zero attached hydrogens (tertiary/aromatic N) is 2. The molecule has 0 aliphatic carbocycles. The van der Waals surface area contributed by atoms with Crippen molar-refractivity contribution in [3.05, 3.63) is 76.0 Å². The minimum Gasteiger partial charge on any atom is -0.493 e. The van der Waals surface area contributed by atoms with E-state index in [4.69, 9.17) is 18.9 Å². The van der Waals surface area contributed by atoms with Gasteiger partial charge in [-0.15, -0.1) is 0 Å². The summed E-state index contributed by atoms with van der Waals surface area (Å²) in [6.45, 7) is 0. The first kappa shape index (κ1) is 23.7. The van der Waals surface area contributed by atoms with E-state index >= 15 is 0 Å². The predicted octanol–water partition coefficient (Wildman–Crippen LogP) is 3.85. The predicted molar refractivity (Wildman–Crippen MR) is 124 cm³/mol. The molecule has 1 heterocycles. The maximum absolute atomic E-state index is 12.7. The maximum Gasteiger partial charge on any atom is 0.343 e. The zero-order valence-corrected chi connectivity index (χ0v) is 19.6. The second kappa shape index (κ2) is 11.1. The van der Waals surface area contributed by atoms with E-state index in [9.17, 15) is 9.59 Å². The summed E-state index contributed by atoms with van der Waals surface area (Å²) in [5, 5.41) is 3.94. The second-order valence-electron chi connectivity index (χ2n) is 6.47. The fourth-order valence-electron chi connectivity index (χ4n) is 2.79. The number of carbonyl (C=O) groups is 2. The van der Waals surface area contributed by atoms with Crippen molar-refractivity contribution in [2.75, 3.05) is 21.3 Å². The highest BCUT2D eigenvalue weighted by Gasteiger charge is 2.18. The number of nitrogens with one attached hydrogen (secondary N) is 1. The number of hydrogen-bond donors (Lipinski definition) is 1. The minimum absolute atomic E-state index is 0.221. The number of aromatic nitrogens is 1. The van der Waals surface area contributed by atoms with E-state index in [-0.39, 0.29) is 5.56 Å². The molecule has 0 saturated heterocycles. The van der Waals surface area contributed by atoms with Gasteiger partial charge < -0.3 is 18.9 Å². The lowest BCUT2D eigenvalue weighted by atomic mass is 10.1. The third-order valence-corrected chi connectivity index (χ3v) is 4.75. The first-order valence-corrected chi connectivity index (χ1v) is 10.3. The Morgan fingerprint density at radius 3 is 2.33 bits per heavy atom. The molecule has 0 aliphatic rings. The quantitative estimate of drug-likeness (QED) is 0.211. The van der Waals surface area contributed by atoms with Gasteiger partial charge in [-0.25, -0.2) is 10.2 Å². The molecule has 9 nitrogen and oxygen atoms in total. The molecule has 0 atom stereocenters. The van der Waals surface area contributed by atoms with Gasteiger partial charge in [-0.3, -0.25) is 9.78 Å². The molecular formula is C23H20BrN3O6. The lowest BCUT2D eigenvalue weighted by Gasteiger charge is -2.13. The second-order valence-corrected chi connectivity index (χ2v) is 7.38. The van der Waals surface area contributed by atoms with Crippen LogP contribution in [0.4, 0.5) is 0 Å². The molecule has 3 aromatic rings. The topological polar surface area (TPSA) is 108 Å². The Bertz CT molecular complexity index is 1170. The van der Waals surface area contributed by atoms with Crippen LogP contribution in [0.3, 0.4) is 0 Å². The van der Waals surface area contributed by atoms with E-state index in [0.29, 0.717) is 38.6 Å². The molecule has 170 valence electrons. The molecule has 2 aromatic carbocycles. The molecule has 1 N–H and O–H groups in total. The van der Waals surface area contributed by atoms with Crippen LogP contribution in [0, 0.1) is 0 Å².